The van der Waals surface area contributed by atoms with E-state index in [1.54, 1.807) is 19.1 Å². The smallest absolute Gasteiger partial charge is 0.429 e. The molecule has 3 aromatic rings. The van der Waals surface area contributed by atoms with Crippen molar-refractivity contribution in [2.45, 2.75) is 52.1 Å². The Labute approximate surface area is 193 Å². The zero-order valence-electron chi connectivity index (χ0n) is 18.7. The van der Waals surface area contributed by atoms with Crippen molar-refractivity contribution in [2.24, 2.45) is 0 Å². The standard InChI is InChI=1S/C26H23F6O2/c1-3-5-7-15-8-11-17(12-9-15)34-26(31,32)22-19(27)14-20(33)21(25(22)30)18-13-10-16(6-4-2)23(28)24(18)29/h8-14H,3-7H2,1-2H3. The Hall–Kier alpha value is -3.16. The average molecular weight is 481 g/mol. The molecule has 34 heavy (non-hydrogen) atoms. The molecule has 3 aromatic carbocycles. The molecule has 0 saturated carbocycles. The summed E-state index contributed by atoms with van der Waals surface area (Å²) in [4.78, 5) is 0. The molecule has 0 atom stereocenters. The maximum absolute atomic E-state index is 15.2. The Morgan fingerprint density at radius 3 is 2.12 bits per heavy atom. The van der Waals surface area contributed by atoms with Crippen LogP contribution in [-0.2, 0) is 24.1 Å². The fourth-order valence-electron chi connectivity index (χ4n) is 3.66. The van der Waals surface area contributed by atoms with E-state index in [4.69, 9.17) is 0 Å². The van der Waals surface area contributed by atoms with E-state index < -0.39 is 51.8 Å². The van der Waals surface area contributed by atoms with Crippen LogP contribution in [0, 0.1) is 23.3 Å². The van der Waals surface area contributed by atoms with E-state index >= 15 is 4.39 Å². The van der Waals surface area contributed by atoms with Crippen LogP contribution >= 0.6 is 0 Å². The number of unbranched alkanes of at least 4 members (excludes halogenated alkanes) is 1. The maximum atomic E-state index is 15.2. The van der Waals surface area contributed by atoms with Gasteiger partial charge in [-0.1, -0.05) is 51.0 Å². The Bertz CT molecular complexity index is 1160. The van der Waals surface area contributed by atoms with E-state index in [0.717, 1.165) is 37.0 Å². The summed E-state index contributed by atoms with van der Waals surface area (Å²) in [7, 11) is 0. The van der Waals surface area contributed by atoms with Gasteiger partial charge in [0.25, 0.3) is 0 Å². The lowest BCUT2D eigenvalue weighted by molar-refractivity contribution is -0.189. The van der Waals surface area contributed by atoms with E-state index in [-0.39, 0.29) is 23.8 Å². The van der Waals surface area contributed by atoms with Crippen molar-refractivity contribution in [3.8, 4) is 22.6 Å². The Kier molecular flexibility index (Phi) is 7.79. The number of alkyl halides is 2. The third-order valence-corrected chi connectivity index (χ3v) is 5.41. The summed E-state index contributed by atoms with van der Waals surface area (Å²) in [5.74, 6) is -8.55. The Morgan fingerprint density at radius 2 is 1.50 bits per heavy atom. The first-order valence-electron chi connectivity index (χ1n) is 10.9. The van der Waals surface area contributed by atoms with E-state index in [2.05, 4.69) is 4.74 Å². The zero-order chi connectivity index (χ0) is 25.0. The van der Waals surface area contributed by atoms with Crippen molar-refractivity contribution in [1.82, 2.24) is 0 Å². The van der Waals surface area contributed by atoms with Gasteiger partial charge in [0.2, 0.25) is 0 Å². The van der Waals surface area contributed by atoms with Crippen LogP contribution in [0.4, 0.5) is 26.3 Å². The van der Waals surface area contributed by atoms with Crippen molar-refractivity contribution in [1.29, 1.82) is 0 Å². The first-order chi connectivity index (χ1) is 16.1. The molecule has 0 aliphatic heterocycles. The molecule has 8 heteroatoms. The van der Waals surface area contributed by atoms with Crippen molar-refractivity contribution >= 4 is 0 Å². The molecule has 0 saturated heterocycles. The summed E-state index contributed by atoms with van der Waals surface area (Å²) >= 11 is 0. The lowest BCUT2D eigenvalue weighted by Gasteiger charge is -2.21. The highest BCUT2D eigenvalue weighted by atomic mass is 19.3. The van der Waals surface area contributed by atoms with Gasteiger partial charge in [-0.25, -0.2) is 17.6 Å². The zero-order valence-corrected chi connectivity index (χ0v) is 18.7. The molecule has 0 heterocycles. The van der Waals surface area contributed by atoms with Gasteiger partial charge in [0.05, 0.1) is 5.56 Å². The minimum Gasteiger partial charge on any atom is -0.429 e. The molecule has 181 valence electrons. The average Bonchev–Trinajstić information content (AvgIpc) is 2.77. The van der Waals surface area contributed by atoms with Gasteiger partial charge in [-0.15, -0.1) is 0 Å². The molecule has 0 unspecified atom stereocenters. The Morgan fingerprint density at radius 1 is 0.824 bits per heavy atom. The molecule has 0 aliphatic carbocycles. The van der Waals surface area contributed by atoms with Crippen LogP contribution in [0.2, 0.25) is 0 Å². The van der Waals surface area contributed by atoms with E-state index in [9.17, 15) is 27.1 Å². The summed E-state index contributed by atoms with van der Waals surface area (Å²) in [5.41, 5.74) is -3.09. The summed E-state index contributed by atoms with van der Waals surface area (Å²) in [6.07, 6.45) is -1.32. The molecule has 3 rings (SSSR count). The molecule has 2 nitrogen and oxygen atoms in total. The predicted molar refractivity (Wildman–Crippen MR) is 115 cm³/mol. The summed E-state index contributed by atoms with van der Waals surface area (Å²) in [6.45, 7) is 3.73. The second-order valence-electron chi connectivity index (χ2n) is 7.94. The number of rotatable bonds is 9. The highest BCUT2D eigenvalue weighted by Gasteiger charge is 2.43. The lowest BCUT2D eigenvalue weighted by atomic mass is 9.97. The summed E-state index contributed by atoms with van der Waals surface area (Å²) in [6, 6.07) is 7.73. The molecule has 0 fully saturated rings. The largest absolute Gasteiger partial charge is 0.432 e. The topological polar surface area (TPSA) is 29.1 Å². The van der Waals surface area contributed by atoms with Gasteiger partial charge in [-0.05, 0) is 42.5 Å². The van der Waals surface area contributed by atoms with Gasteiger partial charge >= 0.3 is 6.11 Å². The molecular formula is C26H23F6O2. The van der Waals surface area contributed by atoms with E-state index in [1.807, 2.05) is 6.92 Å². The molecule has 0 N–H and O–H groups in total. The SMILES string of the molecule is CCCCc1ccc(OC(F)(F)c2c(F)cc([O])c(-c3ccc(CCC)c(F)c3F)c2F)cc1. The number of aryl methyl sites for hydroxylation is 2. The monoisotopic (exact) mass is 481 g/mol. The quantitative estimate of drug-likeness (QED) is 0.282. The lowest BCUT2D eigenvalue weighted by Crippen LogP contribution is -2.25. The Balaban J connectivity index is 2.03. The normalized spacial score (nSPS) is 11.6. The number of hydrogen-bond donors (Lipinski definition) is 0. The van der Waals surface area contributed by atoms with Crippen molar-refractivity contribution in [3.63, 3.8) is 0 Å². The fraction of sp³-hybridized carbons (Fsp3) is 0.308. The highest BCUT2D eigenvalue weighted by Crippen LogP contribution is 2.43. The number of benzene rings is 3. The van der Waals surface area contributed by atoms with Gasteiger partial charge in [0, 0.05) is 11.6 Å². The summed E-state index contributed by atoms with van der Waals surface area (Å²) in [5, 5.41) is 12.2. The second-order valence-corrected chi connectivity index (χ2v) is 7.94. The molecule has 1 radical (unpaired) electrons. The number of halogens is 6. The fourth-order valence-corrected chi connectivity index (χ4v) is 3.66. The number of ether oxygens (including phenoxy) is 1. The third kappa shape index (κ3) is 5.16. The van der Waals surface area contributed by atoms with Crippen LogP contribution in [0.25, 0.3) is 11.1 Å². The molecule has 0 amide bonds. The number of hydrogen-bond acceptors (Lipinski definition) is 1. The second kappa shape index (κ2) is 10.4. The first kappa shape index (κ1) is 25.5. The maximum Gasteiger partial charge on any atom is 0.432 e. The highest BCUT2D eigenvalue weighted by molar-refractivity contribution is 5.73. The van der Waals surface area contributed by atoms with Gasteiger partial charge < -0.3 is 4.74 Å². The summed E-state index contributed by atoms with van der Waals surface area (Å²) < 4.78 is 92.8. The molecule has 0 bridgehead atoms. The van der Waals surface area contributed by atoms with Crippen LogP contribution in [0.15, 0.2) is 42.5 Å². The van der Waals surface area contributed by atoms with Crippen LogP contribution in [0.1, 0.15) is 49.8 Å². The van der Waals surface area contributed by atoms with Crippen LogP contribution in [-0.4, -0.2) is 0 Å². The van der Waals surface area contributed by atoms with Crippen LogP contribution in [0.5, 0.6) is 11.5 Å². The molecule has 0 spiro atoms. The van der Waals surface area contributed by atoms with Gasteiger partial charge in [-0.2, -0.15) is 8.78 Å². The molecule has 0 aromatic heterocycles. The van der Waals surface area contributed by atoms with Crippen molar-refractivity contribution < 1.29 is 36.2 Å². The third-order valence-electron chi connectivity index (χ3n) is 5.41. The van der Waals surface area contributed by atoms with Crippen LogP contribution in [0.3, 0.4) is 0 Å². The van der Waals surface area contributed by atoms with Gasteiger partial charge in [0.1, 0.15) is 17.1 Å². The first-order valence-corrected chi connectivity index (χ1v) is 10.9. The van der Waals surface area contributed by atoms with E-state index in [1.165, 1.54) is 12.1 Å². The predicted octanol–water partition coefficient (Wildman–Crippen LogP) is 8.48. The van der Waals surface area contributed by atoms with Crippen molar-refractivity contribution in [3.05, 3.63) is 82.4 Å². The minimum atomic E-state index is -4.54. The molecule has 0 aliphatic rings. The molecular weight excluding hydrogens is 458 g/mol. The van der Waals surface area contributed by atoms with E-state index in [0.29, 0.717) is 6.42 Å². The van der Waals surface area contributed by atoms with Crippen LogP contribution < -0.4 is 4.74 Å². The van der Waals surface area contributed by atoms with Crippen molar-refractivity contribution in [2.75, 3.05) is 0 Å². The van der Waals surface area contributed by atoms with Gasteiger partial charge in [-0.3, -0.25) is 5.11 Å². The van der Waals surface area contributed by atoms with Gasteiger partial charge in [0.15, 0.2) is 23.2 Å². The minimum absolute atomic E-state index is 0.0185.